The third-order valence-electron chi connectivity index (χ3n) is 2.01. The molecule has 0 amide bonds. The molecule has 0 saturated carbocycles. The summed E-state index contributed by atoms with van der Waals surface area (Å²) in [6.45, 7) is 4.65. The fourth-order valence-electron chi connectivity index (χ4n) is 1.30. The van der Waals surface area contributed by atoms with Crippen molar-refractivity contribution >= 4 is 5.84 Å². The third-order valence-corrected chi connectivity index (χ3v) is 2.01. The van der Waals surface area contributed by atoms with Crippen molar-refractivity contribution in [3.63, 3.8) is 0 Å². The Bertz CT molecular complexity index is 141. The molecule has 0 bridgehead atoms. The van der Waals surface area contributed by atoms with Gasteiger partial charge in [-0.25, -0.2) is 0 Å². The van der Waals surface area contributed by atoms with Crippen molar-refractivity contribution in [2.24, 2.45) is 5.73 Å². The number of amidine groups is 1. The van der Waals surface area contributed by atoms with Crippen molar-refractivity contribution in [3.8, 4) is 0 Å². The highest BCUT2D eigenvalue weighted by atomic mass is 16.5. The summed E-state index contributed by atoms with van der Waals surface area (Å²) in [5.41, 5.74) is 5.27. The Hall–Kier alpha value is -0.610. The summed E-state index contributed by atoms with van der Waals surface area (Å²) in [5, 5.41) is 7.09. The van der Waals surface area contributed by atoms with E-state index in [-0.39, 0.29) is 5.84 Å². The van der Waals surface area contributed by atoms with Crippen molar-refractivity contribution in [3.05, 3.63) is 0 Å². The van der Waals surface area contributed by atoms with Gasteiger partial charge in [-0.15, -0.1) is 0 Å². The number of rotatable bonds is 3. The maximum atomic E-state index is 7.09. The van der Waals surface area contributed by atoms with E-state index in [1.165, 1.54) is 0 Å². The molecule has 0 aliphatic carbocycles. The van der Waals surface area contributed by atoms with Gasteiger partial charge < -0.3 is 15.4 Å². The first-order valence-electron chi connectivity index (χ1n) is 4.42. The molecule has 1 rings (SSSR count). The Balaban J connectivity index is 2.16. The Labute approximate surface area is 73.2 Å². The van der Waals surface area contributed by atoms with E-state index in [0.29, 0.717) is 6.42 Å². The lowest BCUT2D eigenvalue weighted by atomic mass is 10.3. The van der Waals surface area contributed by atoms with Crippen molar-refractivity contribution < 1.29 is 4.74 Å². The Kier molecular flexibility index (Phi) is 4.04. The van der Waals surface area contributed by atoms with Crippen molar-refractivity contribution in [2.45, 2.75) is 12.8 Å². The van der Waals surface area contributed by atoms with Gasteiger partial charge in [-0.05, 0) is 6.42 Å². The molecule has 4 nitrogen and oxygen atoms in total. The van der Waals surface area contributed by atoms with Crippen molar-refractivity contribution in [1.82, 2.24) is 4.90 Å². The minimum absolute atomic E-state index is 0.278. The lowest BCUT2D eigenvalue weighted by molar-refractivity contribution is 0.142. The monoisotopic (exact) mass is 171 g/mol. The molecular formula is C8H17N3O. The van der Waals surface area contributed by atoms with Crippen LogP contribution in [0, 0.1) is 5.41 Å². The van der Waals surface area contributed by atoms with Crippen LogP contribution in [0.4, 0.5) is 0 Å². The molecule has 4 heteroatoms. The molecule has 0 aromatic heterocycles. The molecule has 3 N–H and O–H groups in total. The molecule has 0 aromatic rings. The quantitative estimate of drug-likeness (QED) is 0.465. The Morgan fingerprint density at radius 3 is 3.00 bits per heavy atom. The largest absolute Gasteiger partial charge is 0.388 e. The molecule has 1 aliphatic rings. The minimum atomic E-state index is 0.278. The predicted octanol–water partition coefficient (Wildman–Crippen LogP) is 0.0348. The van der Waals surface area contributed by atoms with Crippen LogP contribution in [0.25, 0.3) is 0 Å². The first-order chi connectivity index (χ1) is 5.79. The minimum Gasteiger partial charge on any atom is -0.388 e. The van der Waals surface area contributed by atoms with E-state index in [4.69, 9.17) is 15.9 Å². The summed E-state index contributed by atoms with van der Waals surface area (Å²) in [4.78, 5) is 2.30. The van der Waals surface area contributed by atoms with Crippen LogP contribution in [-0.2, 0) is 4.74 Å². The molecule has 12 heavy (non-hydrogen) atoms. The SMILES string of the molecule is N=C(N)CCN1CCCOCC1. The molecule has 1 saturated heterocycles. The van der Waals surface area contributed by atoms with Gasteiger partial charge in [0.15, 0.2) is 0 Å². The predicted molar refractivity (Wildman–Crippen MR) is 48.4 cm³/mol. The average molecular weight is 171 g/mol. The molecule has 0 radical (unpaired) electrons. The standard InChI is InChI=1S/C8H17N3O/c9-8(10)2-4-11-3-1-6-12-7-5-11/h1-7H2,(H3,9,10). The first-order valence-corrected chi connectivity index (χ1v) is 4.42. The second kappa shape index (κ2) is 5.11. The molecule has 0 spiro atoms. The van der Waals surface area contributed by atoms with Gasteiger partial charge in [-0.1, -0.05) is 0 Å². The molecule has 0 unspecified atom stereocenters. The third kappa shape index (κ3) is 3.69. The van der Waals surface area contributed by atoms with E-state index in [0.717, 1.165) is 39.3 Å². The first kappa shape index (κ1) is 9.48. The highest BCUT2D eigenvalue weighted by Gasteiger charge is 2.08. The van der Waals surface area contributed by atoms with Gasteiger partial charge >= 0.3 is 0 Å². The summed E-state index contributed by atoms with van der Waals surface area (Å²) in [5.74, 6) is 0.278. The van der Waals surface area contributed by atoms with Gasteiger partial charge in [-0.3, -0.25) is 5.41 Å². The normalized spacial score (nSPS) is 20.3. The van der Waals surface area contributed by atoms with E-state index in [2.05, 4.69) is 4.90 Å². The fraction of sp³-hybridized carbons (Fsp3) is 0.875. The second-order valence-corrected chi connectivity index (χ2v) is 3.08. The topological polar surface area (TPSA) is 62.3 Å². The Morgan fingerprint density at radius 1 is 1.42 bits per heavy atom. The van der Waals surface area contributed by atoms with E-state index < -0.39 is 0 Å². The summed E-state index contributed by atoms with van der Waals surface area (Å²) in [6, 6.07) is 0. The molecule has 0 atom stereocenters. The van der Waals surface area contributed by atoms with E-state index in [1.54, 1.807) is 0 Å². The Morgan fingerprint density at radius 2 is 2.25 bits per heavy atom. The lowest BCUT2D eigenvalue weighted by Crippen LogP contribution is -2.30. The number of hydrogen-bond acceptors (Lipinski definition) is 3. The van der Waals surface area contributed by atoms with Crippen LogP contribution in [0.2, 0.25) is 0 Å². The van der Waals surface area contributed by atoms with Crippen LogP contribution < -0.4 is 5.73 Å². The van der Waals surface area contributed by atoms with Gasteiger partial charge in [0.2, 0.25) is 0 Å². The smallest absolute Gasteiger partial charge is 0.0918 e. The van der Waals surface area contributed by atoms with Gasteiger partial charge in [0.25, 0.3) is 0 Å². The summed E-state index contributed by atoms with van der Waals surface area (Å²) in [7, 11) is 0. The van der Waals surface area contributed by atoms with Gasteiger partial charge in [0.1, 0.15) is 0 Å². The van der Waals surface area contributed by atoms with Crippen LogP contribution in [0.15, 0.2) is 0 Å². The zero-order valence-electron chi connectivity index (χ0n) is 7.38. The highest BCUT2D eigenvalue weighted by Crippen LogP contribution is 1.99. The lowest BCUT2D eigenvalue weighted by Gasteiger charge is -2.17. The van der Waals surface area contributed by atoms with E-state index in [9.17, 15) is 0 Å². The maximum Gasteiger partial charge on any atom is 0.0918 e. The second-order valence-electron chi connectivity index (χ2n) is 3.08. The summed E-state index contributed by atoms with van der Waals surface area (Å²) in [6.07, 6.45) is 1.78. The van der Waals surface area contributed by atoms with E-state index >= 15 is 0 Å². The molecule has 1 heterocycles. The fourth-order valence-corrected chi connectivity index (χ4v) is 1.30. The summed E-state index contributed by atoms with van der Waals surface area (Å²) < 4.78 is 5.30. The maximum absolute atomic E-state index is 7.09. The zero-order chi connectivity index (χ0) is 8.81. The van der Waals surface area contributed by atoms with Gasteiger partial charge in [-0.2, -0.15) is 0 Å². The average Bonchev–Trinajstić information content (AvgIpc) is 2.28. The van der Waals surface area contributed by atoms with Crippen LogP contribution in [0.5, 0.6) is 0 Å². The van der Waals surface area contributed by atoms with Crippen LogP contribution >= 0.6 is 0 Å². The molecule has 1 aliphatic heterocycles. The number of hydrogen-bond donors (Lipinski definition) is 2. The molecular weight excluding hydrogens is 154 g/mol. The number of nitrogens with zero attached hydrogens (tertiary/aromatic N) is 1. The number of nitrogens with two attached hydrogens (primary N) is 1. The van der Waals surface area contributed by atoms with Crippen molar-refractivity contribution in [1.29, 1.82) is 5.41 Å². The van der Waals surface area contributed by atoms with Crippen molar-refractivity contribution in [2.75, 3.05) is 32.8 Å². The van der Waals surface area contributed by atoms with E-state index in [1.807, 2.05) is 0 Å². The molecule has 0 aromatic carbocycles. The highest BCUT2D eigenvalue weighted by molar-refractivity contribution is 5.76. The van der Waals surface area contributed by atoms with Crippen LogP contribution in [0.3, 0.4) is 0 Å². The van der Waals surface area contributed by atoms with Crippen LogP contribution in [-0.4, -0.2) is 43.6 Å². The van der Waals surface area contributed by atoms with Crippen LogP contribution in [0.1, 0.15) is 12.8 Å². The zero-order valence-corrected chi connectivity index (χ0v) is 7.38. The molecule has 70 valence electrons. The number of ether oxygens (including phenoxy) is 1. The van der Waals surface area contributed by atoms with Gasteiger partial charge in [0.05, 0.1) is 12.4 Å². The number of nitrogens with one attached hydrogen (secondary N) is 1. The molecule has 1 fully saturated rings. The summed E-state index contributed by atoms with van der Waals surface area (Å²) >= 11 is 0. The van der Waals surface area contributed by atoms with Gasteiger partial charge in [0, 0.05) is 32.7 Å².